The molecule has 2 aromatic carbocycles. The lowest BCUT2D eigenvalue weighted by Crippen LogP contribution is -2.29. The molecule has 5 nitrogen and oxygen atoms in total. The molecule has 0 spiro atoms. The van der Waals surface area contributed by atoms with E-state index in [4.69, 9.17) is 4.74 Å². The van der Waals surface area contributed by atoms with Crippen molar-refractivity contribution >= 4 is 11.8 Å². The Kier molecular flexibility index (Phi) is 5.33. The average Bonchev–Trinajstić information content (AvgIpc) is 3.46. The largest absolute Gasteiger partial charge is 0.497 e. The number of hydrogen-bond acceptors (Lipinski definition) is 3. The Hall–Kier alpha value is -2.82. The van der Waals surface area contributed by atoms with Crippen LogP contribution in [0.25, 0.3) is 0 Å². The van der Waals surface area contributed by atoms with Crippen LogP contribution in [0.2, 0.25) is 0 Å². The second-order valence-corrected chi connectivity index (χ2v) is 6.22. The quantitative estimate of drug-likeness (QED) is 0.814. The highest BCUT2D eigenvalue weighted by Crippen LogP contribution is 2.38. The Bertz CT molecular complexity index is 728. The van der Waals surface area contributed by atoms with Crippen molar-refractivity contribution in [2.24, 2.45) is 11.8 Å². The smallest absolute Gasteiger partial charge is 0.224 e. The molecule has 0 bridgehead atoms. The molecule has 2 unspecified atom stereocenters. The number of amides is 2. The van der Waals surface area contributed by atoms with Gasteiger partial charge in [0, 0.05) is 13.1 Å². The van der Waals surface area contributed by atoms with Gasteiger partial charge in [-0.05, 0) is 29.7 Å². The molecule has 1 fully saturated rings. The van der Waals surface area contributed by atoms with Crippen molar-refractivity contribution in [2.45, 2.75) is 19.5 Å². The first-order valence-corrected chi connectivity index (χ1v) is 8.39. The Morgan fingerprint density at radius 3 is 1.92 bits per heavy atom. The van der Waals surface area contributed by atoms with Crippen LogP contribution in [0.3, 0.4) is 0 Å². The summed E-state index contributed by atoms with van der Waals surface area (Å²) in [5.41, 5.74) is 2.05. The molecule has 25 heavy (non-hydrogen) atoms. The highest BCUT2D eigenvalue weighted by atomic mass is 16.5. The van der Waals surface area contributed by atoms with Crippen molar-refractivity contribution in [2.75, 3.05) is 7.11 Å². The summed E-state index contributed by atoms with van der Waals surface area (Å²) in [5.74, 6) is 0.255. The van der Waals surface area contributed by atoms with Crippen LogP contribution in [0.15, 0.2) is 54.6 Å². The monoisotopic (exact) mass is 338 g/mol. The van der Waals surface area contributed by atoms with Crippen molar-refractivity contribution in [3.8, 4) is 5.75 Å². The molecule has 0 saturated heterocycles. The second kappa shape index (κ2) is 7.83. The zero-order valence-corrected chi connectivity index (χ0v) is 14.2. The summed E-state index contributed by atoms with van der Waals surface area (Å²) < 4.78 is 5.11. The highest BCUT2D eigenvalue weighted by Gasteiger charge is 2.47. The molecule has 0 radical (unpaired) electrons. The molecule has 2 aromatic rings. The molecule has 0 heterocycles. The molecule has 3 rings (SSSR count). The Labute approximate surface area is 147 Å². The molecule has 1 saturated carbocycles. The molecule has 0 aliphatic heterocycles. The SMILES string of the molecule is COc1ccc(CNC(=O)C2CC2C(=O)NCc2ccccc2)cc1. The summed E-state index contributed by atoms with van der Waals surface area (Å²) in [6.45, 7) is 0.952. The summed E-state index contributed by atoms with van der Waals surface area (Å²) in [6.07, 6.45) is 0.620. The van der Waals surface area contributed by atoms with Gasteiger partial charge in [-0.3, -0.25) is 9.59 Å². The average molecular weight is 338 g/mol. The third-order valence-corrected chi connectivity index (χ3v) is 4.40. The molecule has 1 aliphatic carbocycles. The molecule has 5 heteroatoms. The van der Waals surface area contributed by atoms with Crippen LogP contribution < -0.4 is 15.4 Å². The number of nitrogens with one attached hydrogen (secondary N) is 2. The molecule has 1 aliphatic rings. The van der Waals surface area contributed by atoms with E-state index < -0.39 is 0 Å². The molecule has 0 aromatic heterocycles. The lowest BCUT2D eigenvalue weighted by atomic mass is 10.2. The van der Waals surface area contributed by atoms with Gasteiger partial charge in [0.25, 0.3) is 0 Å². The Balaban J connectivity index is 1.41. The number of methoxy groups -OCH3 is 1. The predicted molar refractivity (Wildman–Crippen MR) is 94.7 cm³/mol. The van der Waals surface area contributed by atoms with E-state index in [1.165, 1.54) is 0 Å². The Morgan fingerprint density at radius 2 is 1.40 bits per heavy atom. The zero-order valence-electron chi connectivity index (χ0n) is 14.2. The topological polar surface area (TPSA) is 67.4 Å². The lowest BCUT2D eigenvalue weighted by Gasteiger charge is -2.07. The van der Waals surface area contributed by atoms with Crippen molar-refractivity contribution in [1.29, 1.82) is 0 Å². The van der Waals surface area contributed by atoms with Crippen molar-refractivity contribution in [3.63, 3.8) is 0 Å². The lowest BCUT2D eigenvalue weighted by molar-refractivity contribution is -0.127. The maximum atomic E-state index is 12.2. The number of rotatable bonds is 7. The number of hydrogen-bond donors (Lipinski definition) is 2. The molecule has 2 N–H and O–H groups in total. The van der Waals surface area contributed by atoms with Gasteiger partial charge in [0.05, 0.1) is 18.9 Å². The van der Waals surface area contributed by atoms with Gasteiger partial charge >= 0.3 is 0 Å². The minimum atomic E-state index is -0.214. The number of benzene rings is 2. The predicted octanol–water partition coefficient (Wildman–Crippen LogP) is 2.26. The van der Waals surface area contributed by atoms with Gasteiger partial charge in [-0.25, -0.2) is 0 Å². The van der Waals surface area contributed by atoms with Crippen LogP contribution in [0.5, 0.6) is 5.75 Å². The fraction of sp³-hybridized carbons (Fsp3) is 0.300. The summed E-state index contributed by atoms with van der Waals surface area (Å²) in [4.78, 5) is 24.3. The van der Waals surface area contributed by atoms with E-state index in [1.54, 1.807) is 7.11 Å². The minimum absolute atomic E-state index is 0.0477. The van der Waals surface area contributed by atoms with Gasteiger partial charge in [0.1, 0.15) is 5.75 Å². The maximum absolute atomic E-state index is 12.2. The first-order chi connectivity index (χ1) is 12.2. The zero-order chi connectivity index (χ0) is 17.6. The van der Waals surface area contributed by atoms with Crippen molar-refractivity contribution < 1.29 is 14.3 Å². The molecule has 2 amide bonds. The van der Waals surface area contributed by atoms with Crippen molar-refractivity contribution in [1.82, 2.24) is 10.6 Å². The first-order valence-electron chi connectivity index (χ1n) is 8.39. The van der Waals surface area contributed by atoms with Gasteiger partial charge in [-0.1, -0.05) is 42.5 Å². The standard InChI is InChI=1S/C20H22N2O3/c1-25-16-9-7-15(8-10-16)13-22-20(24)18-11-17(18)19(23)21-12-14-5-3-2-4-6-14/h2-10,17-18H,11-13H2,1H3,(H,21,23)(H,22,24). The summed E-state index contributed by atoms with van der Waals surface area (Å²) >= 11 is 0. The second-order valence-electron chi connectivity index (χ2n) is 6.22. The van der Waals surface area contributed by atoms with E-state index in [9.17, 15) is 9.59 Å². The van der Waals surface area contributed by atoms with Crippen LogP contribution in [0, 0.1) is 11.8 Å². The molecule has 130 valence electrons. The van der Waals surface area contributed by atoms with Crippen LogP contribution >= 0.6 is 0 Å². The van der Waals surface area contributed by atoms with E-state index in [1.807, 2.05) is 54.6 Å². The van der Waals surface area contributed by atoms with Gasteiger partial charge in [-0.15, -0.1) is 0 Å². The fourth-order valence-electron chi connectivity index (χ4n) is 2.75. The first kappa shape index (κ1) is 17.0. The van der Waals surface area contributed by atoms with Crippen LogP contribution in [-0.4, -0.2) is 18.9 Å². The highest BCUT2D eigenvalue weighted by molar-refractivity contribution is 5.92. The van der Waals surface area contributed by atoms with Crippen LogP contribution in [0.1, 0.15) is 17.5 Å². The summed E-state index contributed by atoms with van der Waals surface area (Å²) in [7, 11) is 1.62. The van der Waals surface area contributed by atoms with Gasteiger partial charge in [-0.2, -0.15) is 0 Å². The molecular weight excluding hydrogens is 316 g/mol. The molecular formula is C20H22N2O3. The van der Waals surface area contributed by atoms with Gasteiger partial charge in [0.15, 0.2) is 0 Å². The van der Waals surface area contributed by atoms with E-state index in [0.717, 1.165) is 16.9 Å². The van der Waals surface area contributed by atoms with Crippen LogP contribution in [0.4, 0.5) is 0 Å². The third kappa shape index (κ3) is 4.59. The van der Waals surface area contributed by atoms with Gasteiger partial charge < -0.3 is 15.4 Å². The summed E-state index contributed by atoms with van der Waals surface area (Å²) in [5, 5.41) is 5.80. The summed E-state index contributed by atoms with van der Waals surface area (Å²) in [6, 6.07) is 17.3. The van der Waals surface area contributed by atoms with E-state index in [2.05, 4.69) is 10.6 Å². The van der Waals surface area contributed by atoms with Gasteiger partial charge in [0.2, 0.25) is 11.8 Å². The normalized spacial score (nSPS) is 18.3. The minimum Gasteiger partial charge on any atom is -0.497 e. The van der Waals surface area contributed by atoms with E-state index >= 15 is 0 Å². The van der Waals surface area contributed by atoms with Crippen LogP contribution in [-0.2, 0) is 22.7 Å². The number of carbonyl (C=O) groups is 2. The number of carbonyl (C=O) groups excluding carboxylic acids is 2. The maximum Gasteiger partial charge on any atom is 0.224 e. The number of ether oxygens (including phenoxy) is 1. The van der Waals surface area contributed by atoms with Crippen molar-refractivity contribution in [3.05, 3.63) is 65.7 Å². The Morgan fingerprint density at radius 1 is 0.880 bits per heavy atom. The third-order valence-electron chi connectivity index (χ3n) is 4.40. The van der Waals surface area contributed by atoms with E-state index in [-0.39, 0.29) is 23.7 Å². The fourth-order valence-corrected chi connectivity index (χ4v) is 2.75. The van der Waals surface area contributed by atoms with E-state index in [0.29, 0.717) is 19.5 Å². The molecule has 2 atom stereocenters.